The molecule has 1 aromatic rings. The summed E-state index contributed by atoms with van der Waals surface area (Å²) in [4.78, 5) is 0. The number of phenols is 2. The van der Waals surface area contributed by atoms with Crippen LogP contribution in [0.25, 0.3) is 0 Å². The van der Waals surface area contributed by atoms with E-state index >= 15 is 0 Å². The van der Waals surface area contributed by atoms with Crippen molar-refractivity contribution in [3.63, 3.8) is 0 Å². The molecule has 1 aliphatic carbocycles. The molecule has 0 bridgehead atoms. The highest BCUT2D eigenvalue weighted by Crippen LogP contribution is 2.30. The Kier molecular flexibility index (Phi) is 3.18. The maximum Gasteiger partial charge on any atom is 0.133 e. The van der Waals surface area contributed by atoms with Gasteiger partial charge in [0.1, 0.15) is 17.2 Å². The van der Waals surface area contributed by atoms with Gasteiger partial charge in [0, 0.05) is 12.5 Å². The fourth-order valence-electron chi connectivity index (χ4n) is 1.93. The Morgan fingerprint density at radius 2 is 2.06 bits per heavy atom. The Morgan fingerprint density at radius 1 is 1.24 bits per heavy atom. The second kappa shape index (κ2) is 4.62. The number of aryl methyl sites for hydroxylation is 1. The number of phenolic OH excluding ortho intramolecular Hbond substituents is 2. The zero-order chi connectivity index (χ0) is 12.3. The van der Waals surface area contributed by atoms with E-state index in [9.17, 15) is 9.50 Å². The largest absolute Gasteiger partial charge is 0.508 e. The molecule has 0 spiro atoms. The molecule has 1 aromatic carbocycles. The van der Waals surface area contributed by atoms with Gasteiger partial charge in [-0.1, -0.05) is 24.3 Å². The second-order valence-corrected chi connectivity index (χ2v) is 4.34. The number of alkyl halides is 1. The monoisotopic (exact) mass is 234 g/mol. The Balaban J connectivity index is 2.02. The third kappa shape index (κ3) is 2.87. The van der Waals surface area contributed by atoms with E-state index in [1.165, 1.54) is 12.1 Å². The molecule has 1 aliphatic rings. The molecule has 0 aliphatic heterocycles. The quantitative estimate of drug-likeness (QED) is 0.842. The van der Waals surface area contributed by atoms with Crippen molar-refractivity contribution >= 4 is 0 Å². The fraction of sp³-hybridized carbons (Fsp3) is 0.286. The Labute approximate surface area is 99.7 Å². The molecule has 2 N–H and O–H groups in total. The van der Waals surface area contributed by atoms with Crippen LogP contribution in [0.5, 0.6) is 11.5 Å². The SMILES string of the molecule is Oc1ccc(CCC2(F)C=CC=CC2)c(O)c1. The van der Waals surface area contributed by atoms with Crippen LogP contribution in [0.4, 0.5) is 4.39 Å². The molecule has 17 heavy (non-hydrogen) atoms. The van der Waals surface area contributed by atoms with Gasteiger partial charge in [0.2, 0.25) is 0 Å². The Bertz CT molecular complexity index is 465. The summed E-state index contributed by atoms with van der Waals surface area (Å²) in [5.41, 5.74) is -0.665. The molecule has 1 atom stereocenters. The molecule has 1 unspecified atom stereocenters. The van der Waals surface area contributed by atoms with Crippen LogP contribution in [0.3, 0.4) is 0 Å². The van der Waals surface area contributed by atoms with Crippen molar-refractivity contribution < 1.29 is 14.6 Å². The first-order valence-electron chi connectivity index (χ1n) is 5.63. The summed E-state index contributed by atoms with van der Waals surface area (Å²) in [7, 11) is 0. The standard InChI is InChI=1S/C14H15FO2/c15-14(7-2-1-3-8-14)9-6-11-4-5-12(16)10-13(11)17/h1-5,7,10,16-17H,6,8-9H2. The zero-order valence-corrected chi connectivity index (χ0v) is 9.44. The lowest BCUT2D eigenvalue weighted by molar-refractivity contribution is 0.215. The molecule has 2 nitrogen and oxygen atoms in total. The maximum absolute atomic E-state index is 14.2. The van der Waals surface area contributed by atoms with E-state index in [4.69, 9.17) is 5.11 Å². The summed E-state index contributed by atoms with van der Waals surface area (Å²) in [6.45, 7) is 0. The first-order chi connectivity index (χ1) is 8.09. The van der Waals surface area contributed by atoms with Gasteiger partial charge < -0.3 is 10.2 Å². The summed E-state index contributed by atoms with van der Waals surface area (Å²) in [6, 6.07) is 4.39. The lowest BCUT2D eigenvalue weighted by Crippen LogP contribution is -2.21. The number of halogens is 1. The first kappa shape index (κ1) is 11.7. The number of aromatic hydroxyl groups is 2. The van der Waals surface area contributed by atoms with E-state index < -0.39 is 5.67 Å². The van der Waals surface area contributed by atoms with E-state index in [0.29, 0.717) is 24.8 Å². The van der Waals surface area contributed by atoms with Crippen LogP contribution < -0.4 is 0 Å². The van der Waals surface area contributed by atoms with Crippen LogP contribution in [0.15, 0.2) is 42.5 Å². The molecule has 0 heterocycles. The van der Waals surface area contributed by atoms with E-state index in [2.05, 4.69) is 0 Å². The number of hydrogen-bond donors (Lipinski definition) is 2. The lowest BCUT2D eigenvalue weighted by atomic mass is 9.90. The van der Waals surface area contributed by atoms with Crippen LogP contribution in [0, 0.1) is 0 Å². The highest BCUT2D eigenvalue weighted by atomic mass is 19.1. The van der Waals surface area contributed by atoms with Gasteiger partial charge in [-0.05, 0) is 30.5 Å². The molecule has 0 aromatic heterocycles. The molecular weight excluding hydrogens is 219 g/mol. The average molecular weight is 234 g/mol. The molecule has 0 saturated heterocycles. The van der Waals surface area contributed by atoms with E-state index in [0.717, 1.165) is 0 Å². The van der Waals surface area contributed by atoms with Crippen molar-refractivity contribution in [2.24, 2.45) is 0 Å². The summed E-state index contributed by atoms with van der Waals surface area (Å²) in [6.07, 6.45) is 8.05. The Hall–Kier alpha value is -1.77. The molecule has 3 heteroatoms. The van der Waals surface area contributed by atoms with Crippen molar-refractivity contribution in [2.45, 2.75) is 24.9 Å². The predicted molar refractivity (Wildman–Crippen MR) is 64.8 cm³/mol. The molecule has 0 radical (unpaired) electrons. The van der Waals surface area contributed by atoms with Gasteiger partial charge in [0.05, 0.1) is 0 Å². The number of hydrogen-bond acceptors (Lipinski definition) is 2. The summed E-state index contributed by atoms with van der Waals surface area (Å²) in [5.74, 6) is 0.0330. The minimum atomic E-state index is -1.32. The molecule has 90 valence electrons. The Morgan fingerprint density at radius 3 is 2.71 bits per heavy atom. The van der Waals surface area contributed by atoms with Gasteiger partial charge in [0.15, 0.2) is 0 Å². The zero-order valence-electron chi connectivity index (χ0n) is 9.44. The third-order valence-corrected chi connectivity index (χ3v) is 2.98. The van der Waals surface area contributed by atoms with Crippen LogP contribution in [0.2, 0.25) is 0 Å². The molecular formula is C14H15FO2. The predicted octanol–water partition coefficient (Wildman–Crippen LogP) is 3.25. The normalized spacial score (nSPS) is 22.9. The van der Waals surface area contributed by atoms with Gasteiger partial charge in [-0.15, -0.1) is 0 Å². The fourth-order valence-corrected chi connectivity index (χ4v) is 1.93. The van der Waals surface area contributed by atoms with E-state index in [1.54, 1.807) is 24.3 Å². The van der Waals surface area contributed by atoms with Gasteiger partial charge in [-0.2, -0.15) is 0 Å². The summed E-state index contributed by atoms with van der Waals surface area (Å²) < 4.78 is 14.2. The number of allylic oxidation sites excluding steroid dienone is 4. The second-order valence-electron chi connectivity index (χ2n) is 4.34. The number of benzene rings is 1. The lowest BCUT2D eigenvalue weighted by Gasteiger charge is -2.22. The van der Waals surface area contributed by atoms with Crippen molar-refractivity contribution in [3.8, 4) is 11.5 Å². The third-order valence-electron chi connectivity index (χ3n) is 2.98. The summed E-state index contributed by atoms with van der Waals surface area (Å²) in [5, 5.41) is 18.7. The highest BCUT2D eigenvalue weighted by molar-refractivity contribution is 5.39. The minimum absolute atomic E-state index is 0.0155. The summed E-state index contributed by atoms with van der Waals surface area (Å²) >= 11 is 0. The van der Waals surface area contributed by atoms with Crippen molar-refractivity contribution in [2.75, 3.05) is 0 Å². The van der Waals surface area contributed by atoms with E-state index in [1.807, 2.05) is 6.08 Å². The van der Waals surface area contributed by atoms with Gasteiger partial charge in [-0.3, -0.25) is 0 Å². The topological polar surface area (TPSA) is 40.5 Å². The smallest absolute Gasteiger partial charge is 0.133 e. The van der Waals surface area contributed by atoms with Crippen molar-refractivity contribution in [3.05, 3.63) is 48.1 Å². The molecule has 0 amide bonds. The van der Waals surface area contributed by atoms with Gasteiger partial charge >= 0.3 is 0 Å². The van der Waals surface area contributed by atoms with Crippen molar-refractivity contribution in [1.82, 2.24) is 0 Å². The average Bonchev–Trinajstić information content (AvgIpc) is 2.29. The first-order valence-corrected chi connectivity index (χ1v) is 5.63. The van der Waals surface area contributed by atoms with Crippen LogP contribution >= 0.6 is 0 Å². The highest BCUT2D eigenvalue weighted by Gasteiger charge is 2.26. The number of rotatable bonds is 3. The van der Waals surface area contributed by atoms with Crippen LogP contribution in [-0.4, -0.2) is 15.9 Å². The molecule has 0 fully saturated rings. The van der Waals surface area contributed by atoms with Crippen molar-refractivity contribution in [1.29, 1.82) is 0 Å². The van der Waals surface area contributed by atoms with Crippen LogP contribution in [0.1, 0.15) is 18.4 Å². The van der Waals surface area contributed by atoms with E-state index in [-0.39, 0.29) is 11.5 Å². The molecule has 0 saturated carbocycles. The molecule has 2 rings (SSSR count). The van der Waals surface area contributed by atoms with Crippen LogP contribution in [-0.2, 0) is 6.42 Å². The maximum atomic E-state index is 14.2. The van der Waals surface area contributed by atoms with Gasteiger partial charge in [-0.25, -0.2) is 4.39 Å². The minimum Gasteiger partial charge on any atom is -0.508 e. The van der Waals surface area contributed by atoms with Gasteiger partial charge in [0.25, 0.3) is 0 Å².